The van der Waals surface area contributed by atoms with Crippen LogP contribution in [-0.4, -0.2) is 25.0 Å². The van der Waals surface area contributed by atoms with Crippen molar-refractivity contribution >= 4 is 39.3 Å². The predicted molar refractivity (Wildman–Crippen MR) is 70.9 cm³/mol. The van der Waals surface area contributed by atoms with E-state index in [-0.39, 0.29) is 30.4 Å². The molecule has 0 aromatic heterocycles. The average Bonchev–Trinajstić information content (AvgIpc) is 2.32. The van der Waals surface area contributed by atoms with Gasteiger partial charge in [0, 0.05) is 6.07 Å². The lowest BCUT2D eigenvalue weighted by atomic mass is 10.3. The third kappa shape index (κ3) is 5.16. The van der Waals surface area contributed by atoms with Crippen LogP contribution in [-0.2, 0) is 14.3 Å². The summed E-state index contributed by atoms with van der Waals surface area (Å²) in [4.78, 5) is 22.4. The van der Waals surface area contributed by atoms with Crippen LogP contribution in [0, 0.1) is 5.82 Å². The molecule has 0 unspecified atom stereocenters. The van der Waals surface area contributed by atoms with Crippen molar-refractivity contribution in [2.75, 3.05) is 13.2 Å². The van der Waals surface area contributed by atoms with Crippen molar-refractivity contribution in [3.05, 3.63) is 27.4 Å². The number of rotatable bonds is 6. The first kappa shape index (κ1) is 15.9. The molecule has 1 aromatic carbocycles. The predicted octanol–water partition coefficient (Wildman–Crippen LogP) is 3.14. The molecule has 1 aromatic rings. The Balaban J connectivity index is 2.55. The molecule has 0 aliphatic rings. The van der Waals surface area contributed by atoms with Gasteiger partial charge in [0.05, 0.1) is 16.1 Å². The smallest absolute Gasteiger partial charge is 0.313 e. The SMILES string of the molecule is CCOC(=O)CC(=O)COc1cc(F)c(Cl)cc1Br. The number of Topliss-reactive ketones (excluding diaryl/α,β-unsaturated/α-hetero) is 1. The number of ether oxygens (including phenoxy) is 2. The second-order valence-electron chi connectivity index (χ2n) is 3.51. The van der Waals surface area contributed by atoms with Gasteiger partial charge in [-0.15, -0.1) is 0 Å². The first-order valence-corrected chi connectivity index (χ1v) is 6.55. The Morgan fingerprint density at radius 1 is 1.42 bits per heavy atom. The van der Waals surface area contributed by atoms with Gasteiger partial charge in [-0.1, -0.05) is 11.6 Å². The Labute approximate surface area is 123 Å². The number of esters is 1. The van der Waals surface area contributed by atoms with Gasteiger partial charge < -0.3 is 9.47 Å². The van der Waals surface area contributed by atoms with Crippen LogP contribution in [0.2, 0.25) is 5.02 Å². The highest BCUT2D eigenvalue weighted by Gasteiger charge is 2.13. The summed E-state index contributed by atoms with van der Waals surface area (Å²) in [7, 11) is 0. The van der Waals surface area contributed by atoms with Crippen molar-refractivity contribution in [1.29, 1.82) is 0 Å². The van der Waals surface area contributed by atoms with Gasteiger partial charge >= 0.3 is 5.97 Å². The van der Waals surface area contributed by atoms with Crippen molar-refractivity contribution in [2.24, 2.45) is 0 Å². The molecule has 0 aliphatic carbocycles. The normalized spacial score (nSPS) is 10.1. The molecular formula is C12H11BrClFO4. The molecule has 0 heterocycles. The van der Waals surface area contributed by atoms with Crippen LogP contribution in [0.5, 0.6) is 5.75 Å². The van der Waals surface area contributed by atoms with E-state index in [9.17, 15) is 14.0 Å². The molecule has 0 saturated carbocycles. The van der Waals surface area contributed by atoms with Gasteiger partial charge in [0.1, 0.15) is 24.6 Å². The third-order valence-corrected chi connectivity index (χ3v) is 2.92. The maximum atomic E-state index is 13.2. The quantitative estimate of drug-likeness (QED) is 0.448. The van der Waals surface area contributed by atoms with Crippen LogP contribution >= 0.6 is 27.5 Å². The lowest BCUT2D eigenvalue weighted by Gasteiger charge is -2.08. The highest BCUT2D eigenvalue weighted by Crippen LogP contribution is 2.30. The minimum absolute atomic E-state index is 0.0583. The Kier molecular flexibility index (Phi) is 6.24. The number of halogens is 3. The minimum atomic E-state index is -0.655. The molecule has 4 nitrogen and oxygen atoms in total. The summed E-state index contributed by atoms with van der Waals surface area (Å²) in [5.41, 5.74) is 0. The summed E-state index contributed by atoms with van der Waals surface area (Å²) >= 11 is 8.69. The first-order chi connectivity index (χ1) is 8.93. The topological polar surface area (TPSA) is 52.6 Å². The standard InChI is InChI=1S/C12H11BrClFO4/c1-2-18-12(17)3-7(16)6-19-11-5-10(15)9(14)4-8(11)13/h4-5H,2-3,6H2,1H3. The molecule has 7 heteroatoms. The lowest BCUT2D eigenvalue weighted by Crippen LogP contribution is -2.17. The molecule has 0 fully saturated rings. The molecule has 0 saturated heterocycles. The molecule has 0 spiro atoms. The number of ketones is 1. The molecule has 0 N–H and O–H groups in total. The van der Waals surface area contributed by atoms with Crippen molar-refractivity contribution in [1.82, 2.24) is 0 Å². The lowest BCUT2D eigenvalue weighted by molar-refractivity contribution is -0.145. The Morgan fingerprint density at radius 2 is 2.11 bits per heavy atom. The largest absolute Gasteiger partial charge is 0.485 e. The number of carbonyl (C=O) groups excluding carboxylic acids is 2. The van der Waals surface area contributed by atoms with Crippen LogP contribution in [0.25, 0.3) is 0 Å². The average molecular weight is 354 g/mol. The van der Waals surface area contributed by atoms with Gasteiger partial charge in [-0.25, -0.2) is 4.39 Å². The van der Waals surface area contributed by atoms with E-state index in [2.05, 4.69) is 20.7 Å². The zero-order chi connectivity index (χ0) is 14.4. The zero-order valence-electron chi connectivity index (χ0n) is 10.0. The summed E-state index contributed by atoms with van der Waals surface area (Å²) in [5, 5.41) is -0.0583. The molecule has 104 valence electrons. The maximum Gasteiger partial charge on any atom is 0.313 e. The van der Waals surface area contributed by atoms with Gasteiger partial charge in [0.15, 0.2) is 5.78 Å². The van der Waals surface area contributed by atoms with Gasteiger partial charge in [0.2, 0.25) is 0 Å². The number of hydrogen-bond acceptors (Lipinski definition) is 4. The molecule has 1 rings (SSSR count). The second-order valence-corrected chi connectivity index (χ2v) is 4.77. The number of benzene rings is 1. The van der Waals surface area contributed by atoms with Crippen LogP contribution in [0.4, 0.5) is 4.39 Å². The second kappa shape index (κ2) is 7.45. The fourth-order valence-corrected chi connectivity index (χ4v) is 1.95. The van der Waals surface area contributed by atoms with Crippen molar-refractivity contribution in [2.45, 2.75) is 13.3 Å². The van der Waals surface area contributed by atoms with E-state index in [1.54, 1.807) is 6.92 Å². The van der Waals surface area contributed by atoms with E-state index in [4.69, 9.17) is 16.3 Å². The number of hydrogen-bond donors (Lipinski definition) is 0. The summed E-state index contributed by atoms with van der Waals surface area (Å²) in [6.07, 6.45) is -0.373. The summed E-state index contributed by atoms with van der Waals surface area (Å²) in [6.45, 7) is 1.51. The van der Waals surface area contributed by atoms with Crippen LogP contribution in [0.15, 0.2) is 16.6 Å². The summed E-state index contributed by atoms with van der Waals surface area (Å²) < 4.78 is 23.4. The Bertz CT molecular complexity index is 493. The van der Waals surface area contributed by atoms with Crippen molar-refractivity contribution in [3.63, 3.8) is 0 Å². The number of carbonyl (C=O) groups is 2. The van der Waals surface area contributed by atoms with Crippen LogP contribution < -0.4 is 4.74 Å². The van der Waals surface area contributed by atoms with Crippen LogP contribution in [0.3, 0.4) is 0 Å². The van der Waals surface area contributed by atoms with E-state index in [1.165, 1.54) is 6.07 Å². The molecule has 0 aliphatic heterocycles. The zero-order valence-corrected chi connectivity index (χ0v) is 12.4. The fraction of sp³-hybridized carbons (Fsp3) is 0.333. The third-order valence-electron chi connectivity index (χ3n) is 2.01. The van der Waals surface area contributed by atoms with E-state index >= 15 is 0 Å². The highest BCUT2D eigenvalue weighted by molar-refractivity contribution is 9.10. The molecule has 0 atom stereocenters. The minimum Gasteiger partial charge on any atom is -0.485 e. The van der Waals surface area contributed by atoms with Gasteiger partial charge in [-0.2, -0.15) is 0 Å². The monoisotopic (exact) mass is 352 g/mol. The molecule has 19 heavy (non-hydrogen) atoms. The molecular weight excluding hydrogens is 342 g/mol. The van der Waals surface area contributed by atoms with E-state index in [0.717, 1.165) is 6.07 Å². The van der Waals surface area contributed by atoms with E-state index in [1.807, 2.05) is 0 Å². The molecule has 0 amide bonds. The fourth-order valence-electron chi connectivity index (χ4n) is 1.20. The van der Waals surface area contributed by atoms with E-state index in [0.29, 0.717) is 4.47 Å². The van der Waals surface area contributed by atoms with E-state index < -0.39 is 17.6 Å². The first-order valence-electron chi connectivity index (χ1n) is 5.38. The summed E-state index contributed by atoms with van der Waals surface area (Å²) in [6, 6.07) is 2.38. The van der Waals surface area contributed by atoms with Crippen LogP contribution in [0.1, 0.15) is 13.3 Å². The maximum absolute atomic E-state index is 13.2. The van der Waals surface area contributed by atoms with Crippen molar-refractivity contribution in [3.8, 4) is 5.75 Å². The molecule has 0 radical (unpaired) electrons. The van der Waals surface area contributed by atoms with Crippen molar-refractivity contribution < 1.29 is 23.5 Å². The Morgan fingerprint density at radius 3 is 2.74 bits per heavy atom. The summed E-state index contributed by atoms with van der Waals surface area (Å²) in [5.74, 6) is -1.59. The highest BCUT2D eigenvalue weighted by atomic mass is 79.9. The Hall–Kier alpha value is -1.14. The van der Waals surface area contributed by atoms with Gasteiger partial charge in [-0.3, -0.25) is 9.59 Å². The molecule has 0 bridgehead atoms. The van der Waals surface area contributed by atoms with Gasteiger partial charge in [-0.05, 0) is 28.9 Å². The van der Waals surface area contributed by atoms with Gasteiger partial charge in [0.25, 0.3) is 0 Å².